The Morgan fingerprint density at radius 2 is 1.43 bits per heavy atom. The molecule has 0 bridgehead atoms. The molecule has 0 radical (unpaired) electrons. The Kier molecular flexibility index (Phi) is 4.32. The van der Waals surface area contributed by atoms with Crippen LogP contribution in [-0.4, -0.2) is 18.7 Å². The van der Waals surface area contributed by atoms with Crippen molar-refractivity contribution in [3.8, 4) is 0 Å². The topological polar surface area (TPSA) is 61.3 Å². The molecule has 5 rings (SSSR count). The van der Waals surface area contributed by atoms with Gasteiger partial charge in [-0.05, 0) is 30.2 Å². The van der Waals surface area contributed by atoms with Crippen LogP contribution in [-0.2, 0) is 13.1 Å². The summed E-state index contributed by atoms with van der Waals surface area (Å²) in [5.41, 5.74) is 3.25. The van der Waals surface area contributed by atoms with E-state index in [-0.39, 0.29) is 11.2 Å². The molecular formula is C24H20N4O2. The molecule has 0 spiro atoms. The second kappa shape index (κ2) is 7.15. The molecule has 30 heavy (non-hydrogen) atoms. The summed E-state index contributed by atoms with van der Waals surface area (Å²) in [6.07, 6.45) is 0. The van der Waals surface area contributed by atoms with Gasteiger partial charge in [0.15, 0.2) is 0 Å². The van der Waals surface area contributed by atoms with Crippen LogP contribution in [0, 0.1) is 6.92 Å². The molecule has 6 heteroatoms. The Labute approximate surface area is 172 Å². The van der Waals surface area contributed by atoms with E-state index in [4.69, 9.17) is 0 Å². The molecule has 3 aromatic carbocycles. The molecule has 0 fully saturated rings. The van der Waals surface area contributed by atoms with Crippen LogP contribution in [0.5, 0.6) is 0 Å². The van der Waals surface area contributed by atoms with Crippen LogP contribution in [0.2, 0.25) is 0 Å². The van der Waals surface area contributed by atoms with E-state index in [0.29, 0.717) is 29.8 Å². The summed E-state index contributed by atoms with van der Waals surface area (Å²) < 4.78 is 4.53. The fourth-order valence-corrected chi connectivity index (χ4v) is 3.75. The lowest BCUT2D eigenvalue weighted by atomic mass is 10.1. The van der Waals surface area contributed by atoms with Gasteiger partial charge < -0.3 is 0 Å². The number of aromatic nitrogens is 4. The van der Waals surface area contributed by atoms with Gasteiger partial charge in [0.05, 0.1) is 24.0 Å². The molecule has 0 aliphatic carbocycles. The van der Waals surface area contributed by atoms with Crippen LogP contribution in [0.1, 0.15) is 16.7 Å². The smallest absolute Gasteiger partial charge is 0.272 e. The van der Waals surface area contributed by atoms with Crippen molar-refractivity contribution in [3.05, 3.63) is 116 Å². The first-order valence-corrected chi connectivity index (χ1v) is 9.82. The number of para-hydroxylation sites is 1. The van der Waals surface area contributed by atoms with Crippen LogP contribution < -0.4 is 11.2 Å². The van der Waals surface area contributed by atoms with Crippen molar-refractivity contribution in [3.63, 3.8) is 0 Å². The SMILES string of the molecule is Cc1ccc(Cn2c(=O)c3ccccc3n3c(=O)n(Cc4ccccc4)nc23)cc1. The molecule has 2 heterocycles. The van der Waals surface area contributed by atoms with Crippen molar-refractivity contribution in [1.82, 2.24) is 18.7 Å². The Bertz CT molecular complexity index is 1480. The van der Waals surface area contributed by atoms with Crippen molar-refractivity contribution in [2.24, 2.45) is 0 Å². The lowest BCUT2D eigenvalue weighted by Crippen LogP contribution is -2.27. The van der Waals surface area contributed by atoms with Gasteiger partial charge in [-0.3, -0.25) is 9.36 Å². The molecule has 0 N–H and O–H groups in total. The predicted octanol–water partition coefficient (Wildman–Crippen LogP) is 3.22. The maximum absolute atomic E-state index is 13.3. The third-order valence-electron chi connectivity index (χ3n) is 5.32. The van der Waals surface area contributed by atoms with E-state index in [1.807, 2.05) is 73.7 Å². The molecule has 0 amide bonds. The highest BCUT2D eigenvalue weighted by atomic mass is 16.2. The summed E-state index contributed by atoms with van der Waals surface area (Å²) in [4.78, 5) is 26.5. The Morgan fingerprint density at radius 1 is 0.767 bits per heavy atom. The zero-order chi connectivity index (χ0) is 20.7. The second-order valence-corrected chi connectivity index (χ2v) is 7.46. The van der Waals surface area contributed by atoms with Gasteiger partial charge in [0.1, 0.15) is 0 Å². The largest absolute Gasteiger partial charge is 0.352 e. The summed E-state index contributed by atoms with van der Waals surface area (Å²) >= 11 is 0. The zero-order valence-electron chi connectivity index (χ0n) is 16.5. The highest BCUT2D eigenvalue weighted by molar-refractivity contribution is 5.80. The van der Waals surface area contributed by atoms with Crippen molar-refractivity contribution in [1.29, 1.82) is 0 Å². The van der Waals surface area contributed by atoms with Gasteiger partial charge in [-0.1, -0.05) is 72.3 Å². The molecule has 0 saturated heterocycles. The molecule has 2 aromatic heterocycles. The van der Waals surface area contributed by atoms with Gasteiger partial charge in [-0.25, -0.2) is 13.9 Å². The third kappa shape index (κ3) is 3.03. The molecule has 0 unspecified atom stereocenters. The summed E-state index contributed by atoms with van der Waals surface area (Å²) in [7, 11) is 0. The van der Waals surface area contributed by atoms with Crippen molar-refractivity contribution in [2.45, 2.75) is 20.0 Å². The first kappa shape index (κ1) is 18.1. The van der Waals surface area contributed by atoms with Crippen LogP contribution in [0.4, 0.5) is 0 Å². The van der Waals surface area contributed by atoms with E-state index in [1.54, 1.807) is 16.7 Å². The highest BCUT2D eigenvalue weighted by Gasteiger charge is 2.17. The van der Waals surface area contributed by atoms with Crippen LogP contribution in [0.25, 0.3) is 16.7 Å². The number of rotatable bonds is 4. The number of benzene rings is 3. The van der Waals surface area contributed by atoms with E-state index in [9.17, 15) is 9.59 Å². The van der Waals surface area contributed by atoms with Crippen LogP contribution >= 0.6 is 0 Å². The number of nitrogens with zero attached hydrogens (tertiary/aromatic N) is 4. The molecule has 6 nitrogen and oxygen atoms in total. The Hall–Kier alpha value is -3.93. The average Bonchev–Trinajstić information content (AvgIpc) is 3.09. The second-order valence-electron chi connectivity index (χ2n) is 7.46. The van der Waals surface area contributed by atoms with Gasteiger partial charge in [0, 0.05) is 0 Å². The maximum Gasteiger partial charge on any atom is 0.352 e. The summed E-state index contributed by atoms with van der Waals surface area (Å²) in [5, 5.41) is 5.06. The molecule has 5 aromatic rings. The first-order chi connectivity index (χ1) is 14.6. The number of hydrogen-bond donors (Lipinski definition) is 0. The quantitative estimate of drug-likeness (QED) is 0.469. The Balaban J connectivity index is 1.76. The van der Waals surface area contributed by atoms with Gasteiger partial charge in [0.25, 0.3) is 5.56 Å². The van der Waals surface area contributed by atoms with Crippen LogP contribution in [0.3, 0.4) is 0 Å². The van der Waals surface area contributed by atoms with E-state index in [1.165, 1.54) is 9.08 Å². The third-order valence-corrected chi connectivity index (χ3v) is 5.32. The van der Waals surface area contributed by atoms with Gasteiger partial charge in [-0.2, -0.15) is 0 Å². The van der Waals surface area contributed by atoms with E-state index in [0.717, 1.165) is 16.7 Å². The van der Waals surface area contributed by atoms with Gasteiger partial charge in [-0.15, -0.1) is 5.10 Å². The molecular weight excluding hydrogens is 376 g/mol. The Morgan fingerprint density at radius 3 is 2.20 bits per heavy atom. The van der Waals surface area contributed by atoms with Gasteiger partial charge >= 0.3 is 5.69 Å². The lowest BCUT2D eigenvalue weighted by Gasteiger charge is -2.10. The molecule has 0 aliphatic heterocycles. The lowest BCUT2D eigenvalue weighted by molar-refractivity contribution is 0.654. The summed E-state index contributed by atoms with van der Waals surface area (Å²) in [5.74, 6) is 0.347. The number of aryl methyl sites for hydroxylation is 1. The first-order valence-electron chi connectivity index (χ1n) is 9.82. The minimum Gasteiger partial charge on any atom is -0.272 e. The average molecular weight is 396 g/mol. The zero-order valence-corrected chi connectivity index (χ0v) is 16.5. The predicted molar refractivity (Wildman–Crippen MR) is 117 cm³/mol. The number of fused-ring (bicyclic) bond motifs is 3. The fourth-order valence-electron chi connectivity index (χ4n) is 3.75. The van der Waals surface area contributed by atoms with Crippen molar-refractivity contribution in [2.75, 3.05) is 0 Å². The van der Waals surface area contributed by atoms with E-state index < -0.39 is 0 Å². The number of hydrogen-bond acceptors (Lipinski definition) is 3. The molecule has 0 saturated carbocycles. The molecule has 148 valence electrons. The standard InChI is InChI=1S/C24H20N4O2/c1-17-11-13-19(14-12-17)15-26-22(29)20-9-5-6-10-21(20)28-23(26)25-27(24(28)30)16-18-7-3-2-4-8-18/h2-14H,15-16H2,1H3. The van der Waals surface area contributed by atoms with E-state index in [2.05, 4.69) is 5.10 Å². The fraction of sp³-hybridized carbons (Fsp3) is 0.125. The molecule has 0 aliphatic rings. The van der Waals surface area contributed by atoms with Crippen molar-refractivity contribution >= 4 is 16.7 Å². The summed E-state index contributed by atoms with van der Waals surface area (Å²) in [6.45, 7) is 2.71. The molecule has 0 atom stereocenters. The van der Waals surface area contributed by atoms with E-state index >= 15 is 0 Å². The normalized spacial score (nSPS) is 11.4. The highest BCUT2D eigenvalue weighted by Crippen LogP contribution is 2.13. The minimum absolute atomic E-state index is 0.157. The summed E-state index contributed by atoms with van der Waals surface area (Å²) in [6, 6.07) is 24.9. The van der Waals surface area contributed by atoms with Crippen molar-refractivity contribution < 1.29 is 0 Å². The minimum atomic E-state index is -0.261. The van der Waals surface area contributed by atoms with Crippen LogP contribution in [0.15, 0.2) is 88.5 Å². The van der Waals surface area contributed by atoms with Gasteiger partial charge in [0.2, 0.25) is 5.78 Å². The monoisotopic (exact) mass is 396 g/mol. The maximum atomic E-state index is 13.3.